The molecule has 6 rings (SSSR count). The summed E-state index contributed by atoms with van der Waals surface area (Å²) < 4.78 is 30.2. The summed E-state index contributed by atoms with van der Waals surface area (Å²) >= 11 is 0. The Kier molecular flexibility index (Phi) is 8.52. The number of hydrogen-bond acceptors (Lipinski definition) is 11. The van der Waals surface area contributed by atoms with Gasteiger partial charge in [0.2, 0.25) is 0 Å². The summed E-state index contributed by atoms with van der Waals surface area (Å²) in [5.74, 6) is -2.62. The smallest absolute Gasteiger partial charge is 0.345 e. The van der Waals surface area contributed by atoms with E-state index >= 15 is 0 Å². The van der Waals surface area contributed by atoms with Gasteiger partial charge in [0.15, 0.2) is 0 Å². The van der Waals surface area contributed by atoms with E-state index in [9.17, 15) is 24.3 Å². The molecule has 12 heteroatoms. The van der Waals surface area contributed by atoms with Gasteiger partial charge < -0.3 is 28.5 Å². The van der Waals surface area contributed by atoms with Crippen molar-refractivity contribution >= 4 is 31.2 Å². The summed E-state index contributed by atoms with van der Waals surface area (Å²) in [7, 11) is 5.97. The Morgan fingerprint density at radius 1 is 1.04 bits per heavy atom. The Bertz CT molecular complexity index is 1810. The molecule has 2 radical (unpaired) electrons. The molecule has 0 spiro atoms. The quantitative estimate of drug-likeness (QED) is 0.234. The van der Waals surface area contributed by atoms with E-state index in [0.717, 1.165) is 0 Å². The zero-order valence-electron chi connectivity index (χ0n) is 27.6. The third-order valence-corrected chi connectivity index (χ3v) is 10.8. The van der Waals surface area contributed by atoms with Crippen molar-refractivity contribution < 1.29 is 42.9 Å². The van der Waals surface area contributed by atoms with Gasteiger partial charge in [0.25, 0.3) is 0 Å². The van der Waals surface area contributed by atoms with E-state index in [4.69, 9.17) is 31.2 Å². The van der Waals surface area contributed by atoms with Crippen LogP contribution < -0.4 is 15.8 Å². The highest BCUT2D eigenvalue weighted by Gasteiger charge is 2.71. The summed E-state index contributed by atoms with van der Waals surface area (Å²) in [4.78, 5) is 55.9. The van der Waals surface area contributed by atoms with Crippen molar-refractivity contribution in [1.82, 2.24) is 4.98 Å². The maximum Gasteiger partial charge on any atom is 0.345 e. The number of carbonyl (C=O) groups is 3. The first-order valence-electron chi connectivity index (χ1n) is 16.0. The molecule has 2 aliphatic carbocycles. The van der Waals surface area contributed by atoms with Gasteiger partial charge in [0.1, 0.15) is 49.3 Å². The van der Waals surface area contributed by atoms with Crippen molar-refractivity contribution in [2.75, 3.05) is 6.61 Å². The molecule has 8 atom stereocenters. The first-order chi connectivity index (χ1) is 22.7. The van der Waals surface area contributed by atoms with Crippen LogP contribution in [0.25, 0.3) is 11.3 Å². The van der Waals surface area contributed by atoms with Gasteiger partial charge in [-0.1, -0.05) is 37.5 Å². The zero-order chi connectivity index (χ0) is 34.6. The van der Waals surface area contributed by atoms with Gasteiger partial charge in [0, 0.05) is 49.2 Å². The maximum atomic E-state index is 13.7. The molecule has 1 aliphatic heterocycles. The van der Waals surface area contributed by atoms with E-state index in [-0.39, 0.29) is 35.7 Å². The van der Waals surface area contributed by atoms with Crippen LogP contribution in [0.15, 0.2) is 64.1 Å². The zero-order valence-corrected chi connectivity index (χ0v) is 27.6. The van der Waals surface area contributed by atoms with Crippen LogP contribution in [0.1, 0.15) is 75.9 Å². The van der Waals surface area contributed by atoms with E-state index in [1.165, 1.54) is 19.9 Å². The lowest BCUT2D eigenvalue weighted by atomic mass is 9.42. The Morgan fingerprint density at radius 3 is 2.48 bits per heavy atom. The summed E-state index contributed by atoms with van der Waals surface area (Å²) in [6, 6.07) is 11.4. The molecule has 2 aromatic heterocycles. The Balaban J connectivity index is 1.51. The number of nitrogens with zero attached hydrogens (tertiary/aromatic N) is 1. The Hall–Kier alpha value is -4.45. The lowest BCUT2D eigenvalue weighted by Gasteiger charge is -2.66. The van der Waals surface area contributed by atoms with Gasteiger partial charge in [0.05, 0.1) is 11.7 Å². The summed E-state index contributed by atoms with van der Waals surface area (Å²) in [5, 5.41) is 12.3. The lowest BCUT2D eigenvalue weighted by molar-refractivity contribution is -0.266. The molecule has 3 heterocycles. The minimum Gasteiger partial charge on any atom is -0.482 e. The van der Waals surface area contributed by atoms with Crippen LogP contribution >= 0.6 is 0 Å². The normalized spacial score (nSPS) is 32.0. The number of fused-ring (bicyclic) bond motifs is 4. The fourth-order valence-electron chi connectivity index (χ4n) is 8.70. The highest BCUT2D eigenvalue weighted by molar-refractivity contribution is 6.32. The van der Waals surface area contributed by atoms with Crippen LogP contribution in [0.5, 0.6) is 5.75 Å². The van der Waals surface area contributed by atoms with Crippen LogP contribution in [-0.4, -0.2) is 60.3 Å². The van der Waals surface area contributed by atoms with Gasteiger partial charge in [-0.2, -0.15) is 0 Å². The van der Waals surface area contributed by atoms with Crippen molar-refractivity contribution in [3.63, 3.8) is 0 Å². The van der Waals surface area contributed by atoms with Crippen molar-refractivity contribution in [3.8, 4) is 17.1 Å². The largest absolute Gasteiger partial charge is 0.482 e. The highest BCUT2D eigenvalue weighted by atomic mass is 16.6. The first-order valence-corrected chi connectivity index (χ1v) is 16.0. The number of pyridine rings is 1. The first kappa shape index (κ1) is 33.5. The van der Waals surface area contributed by atoms with Crippen LogP contribution in [-0.2, 0) is 23.8 Å². The highest BCUT2D eigenvalue weighted by Crippen LogP contribution is 2.67. The average Bonchev–Trinajstić information content (AvgIpc) is 3.02. The van der Waals surface area contributed by atoms with Crippen molar-refractivity contribution in [2.45, 2.75) is 77.8 Å². The fourth-order valence-corrected chi connectivity index (χ4v) is 8.70. The Morgan fingerprint density at radius 2 is 1.81 bits per heavy atom. The third kappa shape index (κ3) is 5.59. The number of benzene rings is 1. The number of carbonyl (C=O) groups excluding carboxylic acids is 3. The van der Waals surface area contributed by atoms with Gasteiger partial charge in [-0.15, -0.1) is 0 Å². The van der Waals surface area contributed by atoms with Gasteiger partial charge in [-0.25, -0.2) is 9.59 Å². The Labute approximate surface area is 279 Å². The molecule has 2 saturated carbocycles. The number of ether oxygens (including phenoxy) is 4. The van der Waals surface area contributed by atoms with Crippen LogP contribution in [0.2, 0.25) is 0 Å². The number of hydrogen-bond donors (Lipinski definition) is 1. The molecule has 0 bridgehead atoms. The maximum absolute atomic E-state index is 13.7. The minimum atomic E-state index is -1.40. The van der Waals surface area contributed by atoms with E-state index in [1.54, 1.807) is 55.7 Å². The number of aliphatic hydroxyl groups excluding tert-OH is 1. The summed E-state index contributed by atoms with van der Waals surface area (Å²) in [6.45, 7) is 8.18. The third-order valence-electron chi connectivity index (χ3n) is 10.8. The standard InChI is InChI=1S/C36H38BNO10/c1-19(39)44-18-35(4)26-16-28(47-32(42)21-8-6-10-23(37)14-21)36(5)31(34(26,3)12-11-27(35)45-20(2)40)30(41)29-25(48-36)15-24(46-33(29)43)22-9-7-13-38-17-22/h6-10,13-15,17,26-28,30-31,41H,11-12,16,18H2,1-5H3/t26?,27-,28-,30-,31?,34-,35?,36+/m0/s1. The molecule has 3 aliphatic rings. The number of esters is 3. The number of rotatable bonds is 6. The molecule has 1 N–H and O–H groups in total. The molecule has 48 heavy (non-hydrogen) atoms. The van der Waals surface area contributed by atoms with Crippen molar-refractivity contribution in [3.05, 3.63) is 76.4 Å². The van der Waals surface area contributed by atoms with Crippen LogP contribution in [0.4, 0.5) is 0 Å². The predicted octanol–water partition coefficient (Wildman–Crippen LogP) is 3.84. The van der Waals surface area contributed by atoms with E-state index < -0.39 is 70.1 Å². The molecule has 3 aromatic rings. The van der Waals surface area contributed by atoms with Crippen LogP contribution in [0.3, 0.4) is 0 Å². The second-order valence-corrected chi connectivity index (χ2v) is 13.9. The SMILES string of the molecule is [B]c1cccc(C(=O)O[C@H]2CC3C(C)(COC(C)=O)[C@@H](OC(C)=O)CC[C@]3(C)C3[C@@H](O)c4c(cc(-c5cccnc5)oc4=O)O[C@@]32C)c1. The monoisotopic (exact) mass is 655 g/mol. The van der Waals surface area contributed by atoms with E-state index in [2.05, 4.69) is 4.98 Å². The minimum absolute atomic E-state index is 0.0447. The molecule has 0 saturated heterocycles. The fraction of sp³-hybridized carbons (Fsp3) is 0.472. The number of aliphatic hydroxyl groups is 1. The molecular formula is C36H38BNO10. The summed E-state index contributed by atoms with van der Waals surface area (Å²) in [5.41, 5.74) is -2.80. The molecule has 0 amide bonds. The van der Waals surface area contributed by atoms with E-state index in [1.807, 2.05) is 13.8 Å². The average molecular weight is 656 g/mol. The topological polar surface area (TPSA) is 151 Å². The van der Waals surface area contributed by atoms with Gasteiger partial charge in [-0.3, -0.25) is 14.6 Å². The van der Waals surface area contributed by atoms with Crippen molar-refractivity contribution in [2.24, 2.45) is 22.7 Å². The molecule has 1 aromatic carbocycles. The van der Waals surface area contributed by atoms with Gasteiger partial charge >= 0.3 is 23.5 Å². The molecule has 250 valence electrons. The van der Waals surface area contributed by atoms with Crippen LogP contribution in [0, 0.1) is 22.7 Å². The molecule has 11 nitrogen and oxygen atoms in total. The molecule has 2 fully saturated rings. The number of aromatic nitrogens is 1. The second-order valence-electron chi connectivity index (χ2n) is 13.9. The predicted molar refractivity (Wildman–Crippen MR) is 172 cm³/mol. The van der Waals surface area contributed by atoms with Crippen molar-refractivity contribution in [1.29, 1.82) is 0 Å². The molecule has 3 unspecified atom stereocenters. The van der Waals surface area contributed by atoms with Gasteiger partial charge in [-0.05, 0) is 55.7 Å². The second kappa shape index (κ2) is 12.2. The lowest BCUT2D eigenvalue weighted by Crippen LogP contribution is -2.71. The summed E-state index contributed by atoms with van der Waals surface area (Å²) in [6.07, 6.45) is 1.14. The van der Waals surface area contributed by atoms with E-state index in [0.29, 0.717) is 23.9 Å². The molecular weight excluding hydrogens is 617 g/mol.